The molecule has 0 aliphatic heterocycles. The molecule has 1 aromatic heterocycles. The highest BCUT2D eigenvalue weighted by molar-refractivity contribution is 5.94. The number of nitrogens with zero attached hydrogens (tertiary/aromatic N) is 1. The van der Waals surface area contributed by atoms with Gasteiger partial charge in [0.25, 0.3) is 0 Å². The summed E-state index contributed by atoms with van der Waals surface area (Å²) >= 11 is 0. The first-order chi connectivity index (χ1) is 15.0. The third-order valence-corrected chi connectivity index (χ3v) is 7.87. The van der Waals surface area contributed by atoms with E-state index in [1.807, 2.05) is 0 Å². The molecule has 0 spiro atoms. The summed E-state index contributed by atoms with van der Waals surface area (Å²) in [6, 6.07) is 14.8. The lowest BCUT2D eigenvalue weighted by Crippen LogP contribution is -2.35. The molecule has 0 radical (unpaired) electrons. The van der Waals surface area contributed by atoms with Gasteiger partial charge >= 0.3 is 0 Å². The highest BCUT2D eigenvalue weighted by Gasteiger charge is 2.24. The summed E-state index contributed by atoms with van der Waals surface area (Å²) < 4.78 is 11.1. The van der Waals surface area contributed by atoms with Crippen LogP contribution in [-0.2, 0) is 7.05 Å². The van der Waals surface area contributed by atoms with Crippen molar-refractivity contribution in [2.75, 3.05) is 0 Å². The largest absolute Gasteiger partial charge is 0.220 e. The van der Waals surface area contributed by atoms with E-state index in [2.05, 4.69) is 61.9 Å². The van der Waals surface area contributed by atoms with Gasteiger partial charge in [-0.3, -0.25) is 0 Å². The van der Waals surface area contributed by atoms with Crippen molar-refractivity contribution in [3.63, 3.8) is 0 Å². The van der Waals surface area contributed by atoms with Gasteiger partial charge in [-0.05, 0) is 78.7 Å². The van der Waals surface area contributed by atoms with E-state index in [1.165, 1.54) is 91.1 Å². The maximum Gasteiger partial charge on any atom is 0.220 e. The SMILES string of the molecule is [2H]c1c(C)[n+](C)c(-c2cc(C3CCCCC3)ccc2C)c2ccc(C3CCCC3)cc12. The second kappa shape index (κ2) is 8.17. The van der Waals surface area contributed by atoms with Gasteiger partial charge in [-0.2, -0.15) is 4.57 Å². The Kier molecular flexibility index (Phi) is 5.07. The minimum absolute atomic E-state index is 0.679. The van der Waals surface area contributed by atoms with Crippen LogP contribution < -0.4 is 4.57 Å². The fourth-order valence-corrected chi connectivity index (χ4v) is 5.92. The van der Waals surface area contributed by atoms with Gasteiger partial charge in [-0.15, -0.1) is 0 Å². The number of aryl methyl sites for hydroxylation is 1. The van der Waals surface area contributed by atoms with Gasteiger partial charge in [0.05, 0.1) is 6.76 Å². The van der Waals surface area contributed by atoms with E-state index < -0.39 is 0 Å². The highest BCUT2D eigenvalue weighted by Crippen LogP contribution is 2.39. The smallest absolute Gasteiger partial charge is 0.198 e. The number of aromatic nitrogens is 1. The number of rotatable bonds is 3. The molecule has 0 unspecified atom stereocenters. The first-order valence-electron chi connectivity index (χ1n) is 12.6. The van der Waals surface area contributed by atoms with Crippen LogP contribution in [0.3, 0.4) is 0 Å². The van der Waals surface area contributed by atoms with E-state index >= 15 is 0 Å². The molecule has 1 heterocycles. The summed E-state index contributed by atoms with van der Waals surface area (Å²) in [5.74, 6) is 1.38. The molecular weight excluding hydrogens is 362 g/mol. The van der Waals surface area contributed by atoms with E-state index in [-0.39, 0.29) is 0 Å². The molecule has 0 bridgehead atoms. The third-order valence-electron chi connectivity index (χ3n) is 7.87. The molecule has 1 nitrogen and oxygen atoms in total. The van der Waals surface area contributed by atoms with E-state index in [1.54, 1.807) is 0 Å². The predicted molar refractivity (Wildman–Crippen MR) is 127 cm³/mol. The summed E-state index contributed by atoms with van der Waals surface area (Å²) in [5.41, 5.74) is 7.93. The van der Waals surface area contributed by atoms with Crippen LogP contribution in [0.4, 0.5) is 0 Å². The number of benzene rings is 2. The second-order valence-corrected chi connectivity index (χ2v) is 9.81. The van der Waals surface area contributed by atoms with Crippen molar-refractivity contribution in [2.45, 2.75) is 83.5 Å². The Labute approximate surface area is 183 Å². The Bertz CT molecular complexity index is 1120. The molecule has 2 saturated carbocycles. The Morgan fingerprint density at radius 1 is 0.800 bits per heavy atom. The van der Waals surface area contributed by atoms with Crippen molar-refractivity contribution < 1.29 is 5.94 Å². The third kappa shape index (κ3) is 3.57. The molecule has 1 heteroatoms. The number of fused-ring (bicyclic) bond motifs is 1. The number of hydrogen-bond donors (Lipinski definition) is 0. The van der Waals surface area contributed by atoms with Crippen LogP contribution in [0.15, 0.2) is 42.4 Å². The summed E-state index contributed by atoms with van der Waals surface area (Å²) in [7, 11) is 2.14. The van der Waals surface area contributed by atoms with Crippen LogP contribution in [0.1, 0.15) is 93.4 Å². The molecule has 156 valence electrons. The molecule has 30 heavy (non-hydrogen) atoms. The molecule has 2 aliphatic carbocycles. The summed E-state index contributed by atoms with van der Waals surface area (Å²) in [4.78, 5) is 0. The molecule has 5 rings (SSSR count). The molecule has 0 N–H and O–H groups in total. The van der Waals surface area contributed by atoms with Crippen molar-refractivity contribution in [1.29, 1.82) is 0 Å². The van der Waals surface area contributed by atoms with Crippen molar-refractivity contribution in [3.8, 4) is 11.3 Å². The van der Waals surface area contributed by atoms with Gasteiger partial charge in [-0.1, -0.05) is 56.4 Å². The van der Waals surface area contributed by atoms with Gasteiger partial charge in [0.2, 0.25) is 5.69 Å². The fraction of sp³-hybridized carbons (Fsp3) is 0.483. The summed E-state index contributed by atoms with van der Waals surface area (Å²) in [6.45, 7) is 4.34. The van der Waals surface area contributed by atoms with Gasteiger partial charge < -0.3 is 0 Å². The fourth-order valence-electron chi connectivity index (χ4n) is 5.92. The van der Waals surface area contributed by atoms with E-state index in [4.69, 9.17) is 1.37 Å². The molecule has 2 fully saturated rings. The molecule has 0 saturated heterocycles. The Hall–Kier alpha value is -2.15. The van der Waals surface area contributed by atoms with Crippen molar-refractivity contribution >= 4 is 10.8 Å². The van der Waals surface area contributed by atoms with Crippen LogP contribution >= 0.6 is 0 Å². The lowest BCUT2D eigenvalue weighted by atomic mass is 9.82. The standard InChI is InChI=1S/C29H36N/c1-20-13-14-25(23-9-5-4-6-10-23)19-28(20)29-27-16-15-24(22-11-7-8-12-22)18-26(27)17-21(2)30(29)3/h13-19,22-23H,4-12H2,1-3H3/q+1/i17D. The topological polar surface area (TPSA) is 3.88 Å². The van der Waals surface area contributed by atoms with Crippen LogP contribution in [0.2, 0.25) is 0 Å². The van der Waals surface area contributed by atoms with E-state index in [9.17, 15) is 0 Å². The zero-order valence-electron chi connectivity index (χ0n) is 19.9. The van der Waals surface area contributed by atoms with Crippen LogP contribution in [0, 0.1) is 13.8 Å². The van der Waals surface area contributed by atoms with Gasteiger partial charge in [0, 0.05) is 18.5 Å². The van der Waals surface area contributed by atoms with Crippen molar-refractivity contribution in [2.24, 2.45) is 7.05 Å². The Morgan fingerprint density at radius 3 is 2.10 bits per heavy atom. The minimum atomic E-state index is 0.679. The first-order valence-corrected chi connectivity index (χ1v) is 12.1. The molecule has 3 aromatic rings. The number of hydrogen-bond acceptors (Lipinski definition) is 0. The van der Waals surface area contributed by atoms with Crippen LogP contribution in [0.5, 0.6) is 0 Å². The molecule has 2 aromatic carbocycles. The van der Waals surface area contributed by atoms with Crippen LogP contribution in [0.25, 0.3) is 22.0 Å². The summed E-state index contributed by atoms with van der Waals surface area (Å²) in [5, 5.41) is 2.35. The average molecular weight is 400 g/mol. The normalized spacial score (nSPS) is 18.8. The monoisotopic (exact) mass is 399 g/mol. The molecule has 0 amide bonds. The quantitative estimate of drug-likeness (QED) is 0.398. The lowest BCUT2D eigenvalue weighted by molar-refractivity contribution is -0.665. The first kappa shape index (κ1) is 18.6. The highest BCUT2D eigenvalue weighted by atomic mass is 14.9. The summed E-state index contributed by atoms with van der Waals surface area (Å²) in [6.07, 6.45) is 12.1. The molecular formula is C29H36N+. The lowest BCUT2D eigenvalue weighted by Gasteiger charge is -2.23. The molecule has 0 atom stereocenters. The predicted octanol–water partition coefficient (Wildman–Crippen LogP) is 7.65. The maximum atomic E-state index is 8.89. The average Bonchev–Trinajstić information content (AvgIpc) is 3.34. The Morgan fingerprint density at radius 2 is 1.40 bits per heavy atom. The van der Waals surface area contributed by atoms with Gasteiger partial charge in [0.1, 0.15) is 7.05 Å². The van der Waals surface area contributed by atoms with E-state index in [0.717, 1.165) is 11.1 Å². The zero-order chi connectivity index (χ0) is 21.5. The van der Waals surface area contributed by atoms with Gasteiger partial charge in [-0.25, -0.2) is 0 Å². The maximum absolute atomic E-state index is 8.89. The molecule has 2 aliphatic rings. The minimum Gasteiger partial charge on any atom is -0.198 e. The Balaban J connectivity index is 1.69. The number of pyridine rings is 1. The second-order valence-electron chi connectivity index (χ2n) is 9.81. The zero-order valence-corrected chi connectivity index (χ0v) is 18.9. The van der Waals surface area contributed by atoms with Crippen LogP contribution in [-0.4, -0.2) is 0 Å². The van der Waals surface area contributed by atoms with Crippen molar-refractivity contribution in [1.82, 2.24) is 0 Å². The van der Waals surface area contributed by atoms with Crippen molar-refractivity contribution in [3.05, 3.63) is 64.8 Å². The van der Waals surface area contributed by atoms with E-state index in [0.29, 0.717) is 17.9 Å². The van der Waals surface area contributed by atoms with Gasteiger partial charge in [0.15, 0.2) is 5.69 Å².